The van der Waals surface area contributed by atoms with Crippen LogP contribution in [0.25, 0.3) is 11.1 Å². The molecule has 0 heterocycles. The van der Waals surface area contributed by atoms with Crippen molar-refractivity contribution in [1.82, 2.24) is 0 Å². The normalized spacial score (nSPS) is 10.5. The van der Waals surface area contributed by atoms with Crippen molar-refractivity contribution >= 4 is 0 Å². The Labute approximate surface area is 150 Å². The molecule has 0 saturated carbocycles. The molecule has 0 spiro atoms. The smallest absolute Gasteiger partial charge is 0.161 e. The third-order valence-electron chi connectivity index (χ3n) is 3.90. The molecular weight excluding hydrogens is 338 g/mol. The first-order valence-electron chi connectivity index (χ1n) is 7.99. The Morgan fingerprint density at radius 1 is 0.692 bits per heavy atom. The first kappa shape index (κ1) is 17.7. The summed E-state index contributed by atoms with van der Waals surface area (Å²) < 4.78 is 43.2. The van der Waals surface area contributed by atoms with Gasteiger partial charge in [-0.2, -0.15) is 0 Å². The summed E-state index contributed by atoms with van der Waals surface area (Å²) >= 11 is 0. The maximum absolute atomic E-state index is 13.9. The lowest BCUT2D eigenvalue weighted by Crippen LogP contribution is -1.98. The molecule has 26 heavy (non-hydrogen) atoms. The van der Waals surface area contributed by atoms with E-state index in [1.807, 2.05) is 6.07 Å². The second kappa shape index (κ2) is 7.87. The summed E-state index contributed by atoms with van der Waals surface area (Å²) in [4.78, 5) is 0. The highest BCUT2D eigenvalue weighted by Gasteiger charge is 2.08. The van der Waals surface area contributed by atoms with Crippen LogP contribution in [0.5, 0.6) is 17.2 Å². The number of hydrogen-bond acceptors (Lipinski definition) is 3. The Bertz CT molecular complexity index is 892. The van der Waals surface area contributed by atoms with Crippen LogP contribution >= 0.6 is 0 Å². The molecule has 3 aromatic rings. The van der Waals surface area contributed by atoms with E-state index in [1.165, 1.54) is 24.3 Å². The van der Waals surface area contributed by atoms with Crippen molar-refractivity contribution < 1.29 is 23.0 Å². The Kier molecular flexibility index (Phi) is 5.37. The Balaban J connectivity index is 1.79. The zero-order valence-electron chi connectivity index (χ0n) is 14.5. The van der Waals surface area contributed by atoms with Crippen LogP contribution in [0.15, 0.2) is 60.7 Å². The second-order valence-corrected chi connectivity index (χ2v) is 5.66. The fourth-order valence-corrected chi connectivity index (χ4v) is 2.59. The van der Waals surface area contributed by atoms with E-state index < -0.39 is 5.82 Å². The summed E-state index contributed by atoms with van der Waals surface area (Å²) in [6.07, 6.45) is 0. The first-order chi connectivity index (χ1) is 12.6. The molecule has 0 aromatic heterocycles. The Hall–Kier alpha value is -3.08. The molecule has 0 aliphatic heterocycles. The molecule has 134 valence electrons. The maximum Gasteiger partial charge on any atom is 0.161 e. The van der Waals surface area contributed by atoms with Crippen LogP contribution in [-0.2, 0) is 6.61 Å². The minimum Gasteiger partial charge on any atom is -0.493 e. The Morgan fingerprint density at radius 3 is 2.12 bits per heavy atom. The van der Waals surface area contributed by atoms with Crippen molar-refractivity contribution in [2.24, 2.45) is 0 Å². The zero-order chi connectivity index (χ0) is 18.5. The van der Waals surface area contributed by atoms with E-state index in [0.717, 1.165) is 5.56 Å². The Morgan fingerprint density at radius 2 is 1.42 bits per heavy atom. The van der Waals surface area contributed by atoms with Gasteiger partial charge < -0.3 is 14.2 Å². The largest absolute Gasteiger partial charge is 0.493 e. The predicted molar refractivity (Wildman–Crippen MR) is 95.7 cm³/mol. The molecule has 0 amide bonds. The molecule has 5 heteroatoms. The molecule has 0 saturated heterocycles. The van der Waals surface area contributed by atoms with Gasteiger partial charge in [-0.3, -0.25) is 0 Å². The molecule has 0 radical (unpaired) electrons. The van der Waals surface area contributed by atoms with Gasteiger partial charge in [0.1, 0.15) is 24.0 Å². The van der Waals surface area contributed by atoms with Gasteiger partial charge in [-0.15, -0.1) is 0 Å². The van der Waals surface area contributed by atoms with Crippen molar-refractivity contribution in [2.75, 3.05) is 14.2 Å². The van der Waals surface area contributed by atoms with Gasteiger partial charge in [0, 0.05) is 6.07 Å². The van der Waals surface area contributed by atoms with Gasteiger partial charge in [0.05, 0.1) is 14.2 Å². The van der Waals surface area contributed by atoms with E-state index in [4.69, 9.17) is 14.2 Å². The van der Waals surface area contributed by atoms with Crippen molar-refractivity contribution in [1.29, 1.82) is 0 Å². The number of hydrogen-bond donors (Lipinski definition) is 0. The first-order valence-corrected chi connectivity index (χ1v) is 7.99. The van der Waals surface area contributed by atoms with Crippen molar-refractivity contribution in [3.05, 3.63) is 77.9 Å². The van der Waals surface area contributed by atoms with Crippen LogP contribution < -0.4 is 14.2 Å². The minimum atomic E-state index is -0.422. The summed E-state index contributed by atoms with van der Waals surface area (Å²) in [6, 6.07) is 15.7. The summed E-state index contributed by atoms with van der Waals surface area (Å²) in [5.74, 6) is 0.851. The fourth-order valence-electron chi connectivity index (χ4n) is 2.59. The molecule has 0 aliphatic rings. The van der Waals surface area contributed by atoms with E-state index in [1.54, 1.807) is 44.6 Å². The van der Waals surface area contributed by atoms with Crippen molar-refractivity contribution in [3.8, 4) is 28.4 Å². The number of benzene rings is 3. The van der Waals surface area contributed by atoms with E-state index >= 15 is 0 Å². The highest BCUT2D eigenvalue weighted by molar-refractivity contribution is 5.65. The van der Waals surface area contributed by atoms with Gasteiger partial charge in [0.2, 0.25) is 0 Å². The molecule has 0 fully saturated rings. The summed E-state index contributed by atoms with van der Waals surface area (Å²) in [5, 5.41) is 0. The fraction of sp³-hybridized carbons (Fsp3) is 0.143. The van der Waals surface area contributed by atoms with Gasteiger partial charge in [0.15, 0.2) is 11.5 Å². The van der Waals surface area contributed by atoms with Crippen LogP contribution in [0.2, 0.25) is 0 Å². The summed E-state index contributed by atoms with van der Waals surface area (Å²) in [6.45, 7) is 0.243. The lowest BCUT2D eigenvalue weighted by atomic mass is 10.1. The highest BCUT2D eigenvalue weighted by atomic mass is 19.1. The molecule has 3 nitrogen and oxygen atoms in total. The number of rotatable bonds is 6. The molecule has 0 unspecified atom stereocenters. The SMILES string of the molecule is COc1ccc(COc2cc(F)cc(-c3ccc(F)cc3)c2)cc1OC. The van der Waals surface area contributed by atoms with E-state index in [-0.39, 0.29) is 12.4 Å². The monoisotopic (exact) mass is 356 g/mol. The predicted octanol–water partition coefficient (Wildman–Crippen LogP) is 5.23. The van der Waals surface area contributed by atoms with Crippen LogP contribution in [0.1, 0.15) is 5.56 Å². The van der Waals surface area contributed by atoms with E-state index in [0.29, 0.717) is 28.4 Å². The number of halogens is 2. The van der Waals surface area contributed by atoms with Crippen LogP contribution in [0.3, 0.4) is 0 Å². The minimum absolute atomic E-state index is 0.243. The number of methoxy groups -OCH3 is 2. The van der Waals surface area contributed by atoms with Crippen molar-refractivity contribution in [3.63, 3.8) is 0 Å². The zero-order valence-corrected chi connectivity index (χ0v) is 14.5. The third-order valence-corrected chi connectivity index (χ3v) is 3.90. The highest BCUT2D eigenvalue weighted by Crippen LogP contribution is 2.29. The lowest BCUT2D eigenvalue weighted by molar-refractivity contribution is 0.302. The van der Waals surface area contributed by atoms with Gasteiger partial charge in [-0.1, -0.05) is 18.2 Å². The third kappa shape index (κ3) is 4.11. The van der Waals surface area contributed by atoms with Crippen LogP contribution in [0.4, 0.5) is 8.78 Å². The molecule has 0 aliphatic carbocycles. The molecule has 3 aromatic carbocycles. The average Bonchev–Trinajstić information content (AvgIpc) is 2.66. The molecule has 0 bridgehead atoms. The average molecular weight is 356 g/mol. The summed E-state index contributed by atoms with van der Waals surface area (Å²) in [7, 11) is 3.13. The van der Waals surface area contributed by atoms with Gasteiger partial charge in [-0.25, -0.2) is 8.78 Å². The molecule has 0 N–H and O–H groups in total. The molecular formula is C21H18F2O3. The van der Waals surface area contributed by atoms with Crippen LogP contribution in [-0.4, -0.2) is 14.2 Å². The van der Waals surface area contributed by atoms with E-state index in [9.17, 15) is 8.78 Å². The van der Waals surface area contributed by atoms with Crippen LogP contribution in [0, 0.1) is 11.6 Å². The topological polar surface area (TPSA) is 27.7 Å². The quantitative estimate of drug-likeness (QED) is 0.605. The lowest BCUT2D eigenvalue weighted by Gasteiger charge is -2.12. The number of ether oxygens (including phenoxy) is 3. The second-order valence-electron chi connectivity index (χ2n) is 5.66. The summed E-state index contributed by atoms with van der Waals surface area (Å²) in [5.41, 5.74) is 2.18. The molecule has 3 rings (SSSR count). The maximum atomic E-state index is 13.9. The van der Waals surface area contributed by atoms with Gasteiger partial charge >= 0.3 is 0 Å². The molecule has 0 atom stereocenters. The van der Waals surface area contributed by atoms with Gasteiger partial charge in [-0.05, 0) is 53.1 Å². The van der Waals surface area contributed by atoms with Gasteiger partial charge in [0.25, 0.3) is 0 Å². The van der Waals surface area contributed by atoms with E-state index in [2.05, 4.69) is 0 Å². The standard InChI is InChI=1S/C21H18F2O3/c1-24-20-8-3-14(9-21(20)25-2)13-26-19-11-16(10-18(23)12-19)15-4-6-17(22)7-5-15/h3-12H,13H2,1-2H3. The van der Waals surface area contributed by atoms with Crippen molar-refractivity contribution in [2.45, 2.75) is 6.61 Å².